The van der Waals surface area contributed by atoms with E-state index in [4.69, 9.17) is 0 Å². The first-order valence-electron chi connectivity index (χ1n) is 9.53. The summed E-state index contributed by atoms with van der Waals surface area (Å²) in [6.07, 6.45) is 2.27. The number of aliphatic imine (C=N–C) groups is 1. The molecule has 0 spiro atoms. The van der Waals surface area contributed by atoms with Crippen molar-refractivity contribution >= 4 is 53.4 Å². The highest BCUT2D eigenvalue weighted by atomic mass is 127. The molecule has 6 nitrogen and oxygen atoms in total. The van der Waals surface area contributed by atoms with Crippen LogP contribution in [0.2, 0.25) is 0 Å². The van der Waals surface area contributed by atoms with Gasteiger partial charge in [-0.2, -0.15) is 11.8 Å². The normalized spacial score (nSPS) is 10.9. The molecule has 0 aliphatic carbocycles. The van der Waals surface area contributed by atoms with Crippen LogP contribution in [0.25, 0.3) is 0 Å². The van der Waals surface area contributed by atoms with Gasteiger partial charge in [0.05, 0.1) is 6.54 Å². The number of carbonyl (C=O) groups is 1. The molecule has 2 aromatic rings. The molecule has 1 aromatic carbocycles. The van der Waals surface area contributed by atoms with Gasteiger partial charge in [-0.25, -0.2) is 14.4 Å². The molecule has 2 rings (SSSR count). The topological polar surface area (TPSA) is 78.4 Å². The SMILES string of the molecule is CCNC(=NCc1ccc(F)cc1CSC)NCCC(=O)Nc1cccc(C)n1.I. The second-order valence-electron chi connectivity index (χ2n) is 6.43. The Morgan fingerprint density at radius 1 is 1.20 bits per heavy atom. The third-order valence-electron chi connectivity index (χ3n) is 4.02. The van der Waals surface area contributed by atoms with Gasteiger partial charge in [0.15, 0.2) is 5.96 Å². The van der Waals surface area contributed by atoms with Crippen molar-refractivity contribution in [2.75, 3.05) is 24.7 Å². The Hall–Kier alpha value is -1.88. The van der Waals surface area contributed by atoms with Gasteiger partial charge >= 0.3 is 0 Å². The lowest BCUT2D eigenvalue weighted by molar-refractivity contribution is -0.116. The molecule has 1 amide bonds. The van der Waals surface area contributed by atoms with Crippen LogP contribution in [0.15, 0.2) is 41.4 Å². The Kier molecular flexibility index (Phi) is 12.4. The van der Waals surface area contributed by atoms with E-state index >= 15 is 0 Å². The summed E-state index contributed by atoms with van der Waals surface area (Å²) in [5, 5.41) is 9.11. The lowest BCUT2D eigenvalue weighted by atomic mass is 10.1. The summed E-state index contributed by atoms with van der Waals surface area (Å²) >= 11 is 1.64. The zero-order chi connectivity index (χ0) is 21.1. The first kappa shape index (κ1) is 26.2. The first-order valence-corrected chi connectivity index (χ1v) is 10.9. The molecule has 0 unspecified atom stereocenters. The summed E-state index contributed by atoms with van der Waals surface area (Å²) in [6, 6.07) is 10.3. The number of anilines is 1. The summed E-state index contributed by atoms with van der Waals surface area (Å²) in [6.45, 7) is 5.42. The predicted octanol–water partition coefficient (Wildman–Crippen LogP) is 4.09. The number of halogens is 2. The third kappa shape index (κ3) is 9.29. The van der Waals surface area contributed by atoms with E-state index in [-0.39, 0.29) is 42.1 Å². The molecule has 9 heteroatoms. The molecule has 30 heavy (non-hydrogen) atoms. The lowest BCUT2D eigenvalue weighted by Crippen LogP contribution is -2.38. The van der Waals surface area contributed by atoms with Crippen molar-refractivity contribution in [1.82, 2.24) is 15.6 Å². The van der Waals surface area contributed by atoms with E-state index in [1.54, 1.807) is 30.0 Å². The molecular weight excluding hydrogens is 516 g/mol. The molecule has 0 radical (unpaired) electrons. The van der Waals surface area contributed by atoms with E-state index in [9.17, 15) is 9.18 Å². The van der Waals surface area contributed by atoms with Crippen molar-refractivity contribution in [3.8, 4) is 0 Å². The summed E-state index contributed by atoms with van der Waals surface area (Å²) in [5.74, 6) is 1.55. The van der Waals surface area contributed by atoms with E-state index in [1.807, 2.05) is 32.2 Å². The Balaban J connectivity index is 0.00000450. The van der Waals surface area contributed by atoms with Gasteiger partial charge in [0, 0.05) is 31.0 Å². The summed E-state index contributed by atoms with van der Waals surface area (Å²) < 4.78 is 13.5. The summed E-state index contributed by atoms with van der Waals surface area (Å²) in [5.41, 5.74) is 2.78. The lowest BCUT2D eigenvalue weighted by Gasteiger charge is -2.12. The Labute approximate surface area is 198 Å². The third-order valence-corrected chi connectivity index (χ3v) is 4.62. The van der Waals surface area contributed by atoms with Crippen molar-refractivity contribution < 1.29 is 9.18 Å². The Morgan fingerprint density at radius 3 is 2.70 bits per heavy atom. The van der Waals surface area contributed by atoms with Crippen LogP contribution >= 0.6 is 35.7 Å². The fourth-order valence-corrected chi connectivity index (χ4v) is 3.24. The van der Waals surface area contributed by atoms with Crippen LogP contribution in [-0.4, -0.2) is 36.2 Å². The average molecular weight is 545 g/mol. The van der Waals surface area contributed by atoms with Crippen molar-refractivity contribution in [1.29, 1.82) is 0 Å². The second-order valence-corrected chi connectivity index (χ2v) is 7.30. The fourth-order valence-electron chi connectivity index (χ4n) is 2.66. The molecule has 0 saturated heterocycles. The molecule has 0 bridgehead atoms. The second kappa shape index (κ2) is 14.2. The quantitative estimate of drug-likeness (QED) is 0.252. The molecule has 0 fully saturated rings. The van der Waals surface area contributed by atoms with Gasteiger partial charge in [-0.3, -0.25) is 4.79 Å². The number of rotatable bonds is 9. The van der Waals surface area contributed by atoms with Gasteiger partial charge in [-0.05, 0) is 55.5 Å². The van der Waals surface area contributed by atoms with Crippen molar-refractivity contribution in [2.24, 2.45) is 4.99 Å². The number of carbonyl (C=O) groups excluding carboxylic acids is 1. The average Bonchev–Trinajstić information content (AvgIpc) is 2.67. The summed E-state index contributed by atoms with van der Waals surface area (Å²) in [7, 11) is 0. The van der Waals surface area contributed by atoms with Crippen LogP contribution in [0.4, 0.5) is 10.2 Å². The molecular formula is C21H29FIN5OS. The summed E-state index contributed by atoms with van der Waals surface area (Å²) in [4.78, 5) is 20.9. The van der Waals surface area contributed by atoms with Gasteiger partial charge in [0.1, 0.15) is 11.6 Å². The van der Waals surface area contributed by atoms with E-state index < -0.39 is 0 Å². The number of benzene rings is 1. The fraction of sp³-hybridized carbons (Fsp3) is 0.381. The molecule has 0 saturated carbocycles. The predicted molar refractivity (Wildman–Crippen MR) is 134 cm³/mol. The maximum Gasteiger partial charge on any atom is 0.227 e. The van der Waals surface area contributed by atoms with Gasteiger partial charge < -0.3 is 16.0 Å². The van der Waals surface area contributed by atoms with E-state index in [0.29, 0.717) is 31.4 Å². The number of aromatic nitrogens is 1. The van der Waals surface area contributed by atoms with Crippen LogP contribution in [0.5, 0.6) is 0 Å². The molecule has 0 aliphatic rings. The van der Waals surface area contributed by atoms with Crippen LogP contribution in [0.3, 0.4) is 0 Å². The van der Waals surface area contributed by atoms with E-state index in [1.165, 1.54) is 6.07 Å². The number of nitrogens with one attached hydrogen (secondary N) is 3. The van der Waals surface area contributed by atoms with Crippen molar-refractivity contribution in [2.45, 2.75) is 32.6 Å². The van der Waals surface area contributed by atoms with Crippen molar-refractivity contribution in [3.63, 3.8) is 0 Å². The number of pyridine rings is 1. The minimum Gasteiger partial charge on any atom is -0.357 e. The number of thioether (sulfide) groups is 1. The number of hydrogen-bond acceptors (Lipinski definition) is 4. The van der Waals surface area contributed by atoms with Gasteiger partial charge in [0.2, 0.25) is 5.91 Å². The van der Waals surface area contributed by atoms with Gasteiger partial charge in [-0.1, -0.05) is 12.1 Å². The van der Waals surface area contributed by atoms with Crippen LogP contribution in [-0.2, 0) is 17.1 Å². The largest absolute Gasteiger partial charge is 0.357 e. The minimum absolute atomic E-state index is 0. The number of guanidine groups is 1. The number of amides is 1. The van der Waals surface area contributed by atoms with Crippen LogP contribution < -0.4 is 16.0 Å². The molecule has 0 atom stereocenters. The highest BCUT2D eigenvalue weighted by Crippen LogP contribution is 2.17. The zero-order valence-electron chi connectivity index (χ0n) is 17.5. The molecule has 0 aliphatic heterocycles. The monoisotopic (exact) mass is 545 g/mol. The molecule has 1 heterocycles. The van der Waals surface area contributed by atoms with E-state index in [2.05, 4.69) is 25.9 Å². The maximum absolute atomic E-state index is 13.5. The number of nitrogens with zero attached hydrogens (tertiary/aromatic N) is 2. The standard InChI is InChI=1S/C21H28FN5OS.HI/c1-4-23-21(25-13-16-8-9-18(22)12-17(16)14-29-3)24-11-10-20(28)27-19-7-5-6-15(2)26-19;/h5-9,12H,4,10-11,13-14H2,1-3H3,(H2,23,24,25)(H,26,27,28);1H. The number of hydrogen-bond donors (Lipinski definition) is 3. The van der Waals surface area contributed by atoms with E-state index in [0.717, 1.165) is 22.6 Å². The minimum atomic E-state index is -0.235. The highest BCUT2D eigenvalue weighted by Gasteiger charge is 2.06. The van der Waals surface area contributed by atoms with Crippen LogP contribution in [0, 0.1) is 12.7 Å². The molecule has 164 valence electrons. The Bertz CT molecular complexity index is 850. The maximum atomic E-state index is 13.5. The van der Waals surface area contributed by atoms with Crippen LogP contribution in [0.1, 0.15) is 30.2 Å². The first-order chi connectivity index (χ1) is 14.0. The van der Waals surface area contributed by atoms with Crippen molar-refractivity contribution in [3.05, 3.63) is 59.0 Å². The smallest absolute Gasteiger partial charge is 0.227 e. The zero-order valence-corrected chi connectivity index (χ0v) is 20.6. The Morgan fingerprint density at radius 2 is 2.00 bits per heavy atom. The highest BCUT2D eigenvalue weighted by molar-refractivity contribution is 14.0. The number of aryl methyl sites for hydroxylation is 1. The van der Waals surface area contributed by atoms with Gasteiger partial charge in [0.25, 0.3) is 0 Å². The van der Waals surface area contributed by atoms with Gasteiger partial charge in [-0.15, -0.1) is 24.0 Å². The molecule has 1 aromatic heterocycles. The molecule has 3 N–H and O–H groups in total.